The highest BCUT2D eigenvalue weighted by molar-refractivity contribution is 6.31. The third-order valence-electron chi connectivity index (χ3n) is 5.10. The molecule has 5 heteroatoms. The summed E-state index contributed by atoms with van der Waals surface area (Å²) >= 11 is 6.07. The summed E-state index contributed by atoms with van der Waals surface area (Å²) in [6, 6.07) is 15.4. The van der Waals surface area contributed by atoms with Crippen LogP contribution in [0, 0.1) is 17.2 Å². The summed E-state index contributed by atoms with van der Waals surface area (Å²) in [7, 11) is 0. The average molecular weight is 397 g/mol. The summed E-state index contributed by atoms with van der Waals surface area (Å²) < 4.78 is 6.04. The fraction of sp³-hybridized carbons (Fsp3) is 0.391. The Morgan fingerprint density at radius 2 is 1.82 bits per heavy atom. The van der Waals surface area contributed by atoms with E-state index in [9.17, 15) is 4.79 Å². The third kappa shape index (κ3) is 5.05. The first-order valence-electron chi connectivity index (χ1n) is 9.73. The number of benzene rings is 2. The molecule has 0 spiro atoms. The Morgan fingerprint density at radius 3 is 2.39 bits per heavy atom. The number of hydrogen-bond donors (Lipinski definition) is 1. The molecule has 0 amide bonds. The zero-order valence-electron chi connectivity index (χ0n) is 16.2. The second-order valence-electron chi connectivity index (χ2n) is 7.59. The van der Waals surface area contributed by atoms with Gasteiger partial charge in [0.25, 0.3) is 0 Å². The lowest BCUT2D eigenvalue weighted by molar-refractivity contribution is 0.0939. The van der Waals surface area contributed by atoms with Crippen LogP contribution in [0.2, 0.25) is 5.02 Å². The van der Waals surface area contributed by atoms with E-state index in [0.29, 0.717) is 22.4 Å². The maximum atomic E-state index is 12.0. The number of nitrogens with one attached hydrogen (secondary N) is 1. The van der Waals surface area contributed by atoms with E-state index in [1.54, 1.807) is 18.2 Å². The number of ether oxygens (including phenoxy) is 1. The van der Waals surface area contributed by atoms with E-state index in [0.717, 1.165) is 36.9 Å². The van der Waals surface area contributed by atoms with Gasteiger partial charge in [0.2, 0.25) is 0 Å². The van der Waals surface area contributed by atoms with Crippen LogP contribution in [0.4, 0.5) is 5.69 Å². The van der Waals surface area contributed by atoms with Gasteiger partial charge < -0.3 is 10.1 Å². The Morgan fingerprint density at radius 1 is 1.14 bits per heavy atom. The van der Waals surface area contributed by atoms with Gasteiger partial charge in [-0.15, -0.1) is 0 Å². The Bertz CT molecular complexity index is 863. The Labute approximate surface area is 171 Å². The average Bonchev–Trinajstić information content (AvgIpc) is 2.69. The van der Waals surface area contributed by atoms with E-state index in [1.165, 1.54) is 0 Å². The number of carbonyl (C=O) groups excluding carboxylic acids is 1. The maximum absolute atomic E-state index is 12.0. The summed E-state index contributed by atoms with van der Waals surface area (Å²) in [5.74, 6) is 0.901. The number of hydrogen-bond acceptors (Lipinski definition) is 4. The molecule has 4 nitrogen and oxygen atoms in total. The molecule has 1 aliphatic rings. The van der Waals surface area contributed by atoms with Gasteiger partial charge in [-0.3, -0.25) is 4.79 Å². The first-order chi connectivity index (χ1) is 13.5. The van der Waals surface area contributed by atoms with E-state index in [1.807, 2.05) is 38.1 Å². The largest absolute Gasteiger partial charge is 0.490 e. The van der Waals surface area contributed by atoms with Crippen molar-refractivity contribution in [2.45, 2.75) is 51.7 Å². The minimum absolute atomic E-state index is 0.0140. The second-order valence-corrected chi connectivity index (χ2v) is 7.99. The molecule has 28 heavy (non-hydrogen) atoms. The Kier molecular flexibility index (Phi) is 6.59. The van der Waals surface area contributed by atoms with Gasteiger partial charge in [-0.05, 0) is 62.1 Å². The van der Waals surface area contributed by atoms with Crippen LogP contribution >= 0.6 is 11.6 Å². The summed E-state index contributed by atoms with van der Waals surface area (Å²) in [5, 5.41) is 12.9. The minimum atomic E-state index is 0.0140. The molecule has 0 atom stereocenters. The SMILES string of the molecule is CC(C)C(=O)c1ccc(NC2CCC(Oc3ccc(C#N)c(Cl)c3)CC2)cc1. The second kappa shape index (κ2) is 9.12. The van der Waals surface area contributed by atoms with Gasteiger partial charge in [-0.25, -0.2) is 0 Å². The van der Waals surface area contributed by atoms with Crippen molar-refractivity contribution < 1.29 is 9.53 Å². The van der Waals surface area contributed by atoms with Gasteiger partial charge in [0, 0.05) is 29.3 Å². The molecule has 0 radical (unpaired) electrons. The lowest BCUT2D eigenvalue weighted by atomic mass is 9.92. The molecule has 1 fully saturated rings. The molecular weight excluding hydrogens is 372 g/mol. The molecule has 2 aromatic rings. The number of rotatable bonds is 6. The van der Waals surface area contributed by atoms with Gasteiger partial charge >= 0.3 is 0 Å². The van der Waals surface area contributed by atoms with E-state index in [-0.39, 0.29) is 17.8 Å². The standard InChI is InChI=1S/C23H25ClN2O2/c1-15(2)23(27)16-3-6-18(7-4-16)26-19-8-11-20(12-9-19)28-21-10-5-17(14-25)22(24)13-21/h3-7,10,13,15,19-20,26H,8-9,11-12H2,1-2H3. The van der Waals surface area contributed by atoms with Crippen molar-refractivity contribution in [2.75, 3.05) is 5.32 Å². The zero-order valence-corrected chi connectivity index (χ0v) is 17.0. The molecule has 0 bridgehead atoms. The van der Waals surface area contributed by atoms with Crippen molar-refractivity contribution in [3.05, 3.63) is 58.6 Å². The van der Waals surface area contributed by atoms with Gasteiger partial charge in [-0.1, -0.05) is 25.4 Å². The summed E-state index contributed by atoms with van der Waals surface area (Å²) in [4.78, 5) is 12.0. The van der Waals surface area contributed by atoms with E-state index in [2.05, 4.69) is 11.4 Å². The summed E-state index contributed by atoms with van der Waals surface area (Å²) in [6.45, 7) is 3.84. The van der Waals surface area contributed by atoms with E-state index in [4.69, 9.17) is 21.6 Å². The van der Waals surface area contributed by atoms with Crippen LogP contribution in [0.1, 0.15) is 55.5 Å². The number of anilines is 1. The predicted molar refractivity (Wildman–Crippen MR) is 112 cm³/mol. The topological polar surface area (TPSA) is 62.1 Å². The maximum Gasteiger partial charge on any atom is 0.165 e. The number of nitrogens with zero attached hydrogens (tertiary/aromatic N) is 1. The molecule has 0 saturated heterocycles. The van der Waals surface area contributed by atoms with Gasteiger partial charge in [0.1, 0.15) is 11.8 Å². The fourth-order valence-electron chi connectivity index (χ4n) is 3.48. The zero-order chi connectivity index (χ0) is 20.1. The van der Waals surface area contributed by atoms with Crippen LogP contribution in [0.5, 0.6) is 5.75 Å². The molecule has 0 heterocycles. The molecule has 1 saturated carbocycles. The van der Waals surface area contributed by atoms with Gasteiger partial charge in [-0.2, -0.15) is 5.26 Å². The van der Waals surface area contributed by atoms with Crippen LogP contribution in [-0.4, -0.2) is 17.9 Å². The molecule has 1 aliphatic carbocycles. The van der Waals surface area contributed by atoms with Gasteiger partial charge in [0.05, 0.1) is 16.7 Å². The molecule has 146 valence electrons. The lowest BCUT2D eigenvalue weighted by Gasteiger charge is -2.30. The Balaban J connectivity index is 1.49. The van der Waals surface area contributed by atoms with Crippen molar-refractivity contribution in [1.29, 1.82) is 5.26 Å². The van der Waals surface area contributed by atoms with E-state index >= 15 is 0 Å². The van der Waals surface area contributed by atoms with Crippen LogP contribution in [-0.2, 0) is 0 Å². The first-order valence-corrected chi connectivity index (χ1v) is 10.1. The molecule has 0 unspecified atom stereocenters. The van der Waals surface area contributed by atoms with E-state index < -0.39 is 0 Å². The van der Waals surface area contributed by atoms with Crippen LogP contribution in [0.3, 0.4) is 0 Å². The normalized spacial score (nSPS) is 19.1. The molecule has 1 N–H and O–H groups in total. The number of ketones is 1. The number of nitriles is 1. The minimum Gasteiger partial charge on any atom is -0.490 e. The molecular formula is C23H25ClN2O2. The molecule has 0 aliphatic heterocycles. The number of halogens is 1. The first kappa shape index (κ1) is 20.2. The number of Topliss-reactive ketones (excluding diaryl/α,β-unsaturated/α-hetero) is 1. The van der Waals surface area contributed by atoms with Crippen molar-refractivity contribution in [3.63, 3.8) is 0 Å². The fourth-order valence-corrected chi connectivity index (χ4v) is 3.69. The highest BCUT2D eigenvalue weighted by atomic mass is 35.5. The quantitative estimate of drug-likeness (QED) is 0.622. The smallest absolute Gasteiger partial charge is 0.165 e. The highest BCUT2D eigenvalue weighted by Crippen LogP contribution is 2.28. The predicted octanol–water partition coefficient (Wildman–Crippen LogP) is 5.85. The third-order valence-corrected chi connectivity index (χ3v) is 5.42. The van der Waals surface area contributed by atoms with Crippen LogP contribution < -0.4 is 10.1 Å². The molecule has 2 aromatic carbocycles. The monoisotopic (exact) mass is 396 g/mol. The lowest BCUT2D eigenvalue weighted by Crippen LogP contribution is -2.31. The van der Waals surface area contributed by atoms with Crippen molar-refractivity contribution in [2.24, 2.45) is 5.92 Å². The summed E-state index contributed by atoms with van der Waals surface area (Å²) in [6.07, 6.45) is 4.11. The molecule has 3 rings (SSSR count). The van der Waals surface area contributed by atoms with Crippen molar-refractivity contribution >= 4 is 23.1 Å². The molecule has 0 aromatic heterocycles. The van der Waals surface area contributed by atoms with Crippen LogP contribution in [0.15, 0.2) is 42.5 Å². The number of carbonyl (C=O) groups is 1. The summed E-state index contributed by atoms with van der Waals surface area (Å²) in [5.41, 5.74) is 2.27. The van der Waals surface area contributed by atoms with Crippen molar-refractivity contribution in [1.82, 2.24) is 0 Å². The Hall–Kier alpha value is -2.51. The van der Waals surface area contributed by atoms with Gasteiger partial charge in [0.15, 0.2) is 5.78 Å². The van der Waals surface area contributed by atoms with Crippen molar-refractivity contribution in [3.8, 4) is 11.8 Å². The van der Waals surface area contributed by atoms with Crippen LogP contribution in [0.25, 0.3) is 0 Å². The highest BCUT2D eigenvalue weighted by Gasteiger charge is 2.22.